The molecule has 3 aromatic rings. The monoisotopic (exact) mass is 460 g/mol. The number of rotatable bonds is 7. The molecule has 2 aromatic heterocycles. The second-order valence-corrected chi connectivity index (χ2v) is 9.84. The van der Waals surface area contributed by atoms with E-state index in [9.17, 15) is 9.59 Å². The molecule has 5 rings (SSSR count). The Labute approximate surface area is 198 Å². The van der Waals surface area contributed by atoms with E-state index in [1.807, 2.05) is 35.2 Å². The van der Waals surface area contributed by atoms with Crippen LogP contribution < -0.4 is 0 Å². The zero-order chi connectivity index (χ0) is 22.7. The van der Waals surface area contributed by atoms with Crippen LogP contribution in [0.2, 0.25) is 0 Å². The summed E-state index contributed by atoms with van der Waals surface area (Å²) in [6, 6.07) is 18.0. The van der Waals surface area contributed by atoms with Crippen LogP contribution in [0.5, 0.6) is 0 Å². The Balaban J connectivity index is 1.36. The van der Waals surface area contributed by atoms with E-state index in [1.165, 1.54) is 15.3 Å². The van der Waals surface area contributed by atoms with Gasteiger partial charge >= 0.3 is 6.03 Å². The Bertz CT molecular complexity index is 1080. The number of carbonyl (C=O) groups is 2. The topological polar surface area (TPSA) is 56.8 Å². The standard InChI is InChI=1S/C26H28N4O2S/c31-24-26(11-15-28(16-12-26)20-23-9-5-17-33-23)30(14-10-21-6-2-1-3-7-21)25(32)29(24)19-22-8-4-13-27-18-22/h1-9,13,17-18H,10-12,14-16,19-20H2. The van der Waals surface area contributed by atoms with Crippen molar-refractivity contribution < 1.29 is 9.59 Å². The quantitative estimate of drug-likeness (QED) is 0.496. The number of urea groups is 1. The summed E-state index contributed by atoms with van der Waals surface area (Å²) in [6.45, 7) is 3.33. The second kappa shape index (κ2) is 9.45. The SMILES string of the molecule is O=C1N(Cc2cccnc2)C(=O)C2(CCN(Cc3cccs3)CC2)N1CCc1ccccc1. The minimum Gasteiger partial charge on any atom is -0.309 e. The molecule has 1 spiro atoms. The van der Waals surface area contributed by atoms with E-state index >= 15 is 0 Å². The lowest BCUT2D eigenvalue weighted by Gasteiger charge is -2.42. The highest BCUT2D eigenvalue weighted by Gasteiger charge is 2.57. The van der Waals surface area contributed by atoms with E-state index in [-0.39, 0.29) is 18.5 Å². The first-order valence-electron chi connectivity index (χ1n) is 11.5. The van der Waals surface area contributed by atoms with Crippen molar-refractivity contribution in [2.45, 2.75) is 37.9 Å². The molecule has 0 bridgehead atoms. The maximum Gasteiger partial charge on any atom is 0.328 e. The molecule has 2 fully saturated rings. The number of nitrogens with zero attached hydrogens (tertiary/aromatic N) is 4. The molecule has 1 aromatic carbocycles. The van der Waals surface area contributed by atoms with Crippen molar-refractivity contribution in [2.24, 2.45) is 0 Å². The van der Waals surface area contributed by atoms with Crippen molar-refractivity contribution in [3.05, 3.63) is 88.4 Å². The molecule has 33 heavy (non-hydrogen) atoms. The number of likely N-dealkylation sites (tertiary alicyclic amines) is 1. The summed E-state index contributed by atoms with van der Waals surface area (Å²) < 4.78 is 0. The van der Waals surface area contributed by atoms with Gasteiger partial charge < -0.3 is 4.90 Å². The number of aromatic nitrogens is 1. The number of thiophene rings is 1. The minimum atomic E-state index is -0.750. The molecule has 0 N–H and O–H groups in total. The van der Waals surface area contributed by atoms with Gasteiger partial charge in [-0.25, -0.2) is 4.79 Å². The first kappa shape index (κ1) is 21.8. The highest BCUT2D eigenvalue weighted by molar-refractivity contribution is 7.09. The number of imide groups is 1. The number of hydrogen-bond donors (Lipinski definition) is 0. The van der Waals surface area contributed by atoms with Gasteiger partial charge in [0, 0.05) is 43.4 Å². The first-order valence-corrected chi connectivity index (χ1v) is 12.3. The Morgan fingerprint density at radius 1 is 0.909 bits per heavy atom. The van der Waals surface area contributed by atoms with Gasteiger partial charge in [0.15, 0.2) is 0 Å². The molecule has 3 amide bonds. The third-order valence-electron chi connectivity index (χ3n) is 6.79. The van der Waals surface area contributed by atoms with Crippen molar-refractivity contribution in [2.75, 3.05) is 19.6 Å². The summed E-state index contributed by atoms with van der Waals surface area (Å²) >= 11 is 1.76. The largest absolute Gasteiger partial charge is 0.328 e. The number of amides is 3. The number of hydrogen-bond acceptors (Lipinski definition) is 5. The third kappa shape index (κ3) is 4.43. The molecule has 0 atom stereocenters. The summed E-state index contributed by atoms with van der Waals surface area (Å²) in [5.74, 6) is -0.0554. The summed E-state index contributed by atoms with van der Waals surface area (Å²) in [4.78, 5) is 38.5. The predicted octanol–water partition coefficient (Wildman–Crippen LogP) is 4.18. The van der Waals surface area contributed by atoms with Gasteiger partial charge in [0.2, 0.25) is 0 Å². The zero-order valence-electron chi connectivity index (χ0n) is 18.6. The molecule has 170 valence electrons. The van der Waals surface area contributed by atoms with Gasteiger partial charge in [0.25, 0.3) is 5.91 Å². The van der Waals surface area contributed by atoms with Crippen LogP contribution >= 0.6 is 11.3 Å². The fourth-order valence-corrected chi connectivity index (χ4v) is 5.73. The highest BCUT2D eigenvalue weighted by atomic mass is 32.1. The van der Waals surface area contributed by atoms with Crippen LogP contribution in [0, 0.1) is 0 Å². The first-order chi connectivity index (χ1) is 16.2. The fraction of sp³-hybridized carbons (Fsp3) is 0.346. The summed E-state index contributed by atoms with van der Waals surface area (Å²) in [6.07, 6.45) is 5.50. The van der Waals surface area contributed by atoms with Crippen molar-refractivity contribution in [1.82, 2.24) is 19.7 Å². The van der Waals surface area contributed by atoms with E-state index in [0.717, 1.165) is 31.6 Å². The minimum absolute atomic E-state index is 0.0554. The number of pyridine rings is 1. The summed E-state index contributed by atoms with van der Waals surface area (Å²) in [7, 11) is 0. The Hall–Kier alpha value is -3.03. The van der Waals surface area contributed by atoms with Gasteiger partial charge in [-0.2, -0.15) is 0 Å². The lowest BCUT2D eigenvalue weighted by Crippen LogP contribution is -2.56. The Morgan fingerprint density at radius 2 is 1.70 bits per heavy atom. The molecule has 7 heteroatoms. The molecular formula is C26H28N4O2S. The van der Waals surface area contributed by atoms with Crippen LogP contribution in [-0.2, 0) is 24.3 Å². The van der Waals surface area contributed by atoms with Crippen LogP contribution in [0.15, 0.2) is 72.4 Å². The molecule has 6 nitrogen and oxygen atoms in total. The van der Waals surface area contributed by atoms with Gasteiger partial charge in [-0.15, -0.1) is 11.3 Å². The lowest BCUT2D eigenvalue weighted by molar-refractivity contribution is -0.136. The number of benzene rings is 1. The second-order valence-electron chi connectivity index (χ2n) is 8.81. The maximum absolute atomic E-state index is 13.8. The third-order valence-corrected chi connectivity index (χ3v) is 7.66. The van der Waals surface area contributed by atoms with E-state index < -0.39 is 5.54 Å². The molecule has 0 saturated carbocycles. The molecule has 0 aliphatic carbocycles. The normalized spacial score (nSPS) is 18.4. The van der Waals surface area contributed by atoms with E-state index in [0.29, 0.717) is 19.4 Å². The van der Waals surface area contributed by atoms with Gasteiger partial charge in [-0.05, 0) is 47.9 Å². The zero-order valence-corrected chi connectivity index (χ0v) is 19.4. The summed E-state index contributed by atoms with van der Waals surface area (Å²) in [5, 5.41) is 2.10. The highest BCUT2D eigenvalue weighted by Crippen LogP contribution is 2.38. The van der Waals surface area contributed by atoms with Crippen LogP contribution in [-0.4, -0.2) is 56.8 Å². The van der Waals surface area contributed by atoms with E-state index in [1.54, 1.807) is 23.7 Å². The van der Waals surface area contributed by atoms with Crippen molar-refractivity contribution in [3.8, 4) is 0 Å². The van der Waals surface area contributed by atoms with Crippen LogP contribution in [0.4, 0.5) is 4.79 Å². The number of carbonyl (C=O) groups excluding carboxylic acids is 2. The van der Waals surface area contributed by atoms with Crippen LogP contribution in [0.3, 0.4) is 0 Å². The molecule has 2 saturated heterocycles. The van der Waals surface area contributed by atoms with E-state index in [2.05, 4.69) is 39.5 Å². The van der Waals surface area contributed by atoms with Gasteiger partial charge in [-0.3, -0.25) is 19.6 Å². The van der Waals surface area contributed by atoms with Crippen molar-refractivity contribution >= 4 is 23.3 Å². The lowest BCUT2D eigenvalue weighted by atomic mass is 9.85. The van der Waals surface area contributed by atoms with Gasteiger partial charge in [0.1, 0.15) is 5.54 Å². The molecule has 2 aliphatic rings. The maximum atomic E-state index is 13.8. The van der Waals surface area contributed by atoms with Crippen LogP contribution in [0.25, 0.3) is 0 Å². The average Bonchev–Trinajstić information content (AvgIpc) is 3.43. The van der Waals surface area contributed by atoms with E-state index in [4.69, 9.17) is 0 Å². The average molecular weight is 461 g/mol. The van der Waals surface area contributed by atoms with Crippen molar-refractivity contribution in [3.63, 3.8) is 0 Å². The summed E-state index contributed by atoms with van der Waals surface area (Å²) in [5.41, 5.74) is 1.29. The van der Waals surface area contributed by atoms with Crippen LogP contribution in [0.1, 0.15) is 28.8 Å². The molecule has 2 aliphatic heterocycles. The Kier molecular flexibility index (Phi) is 6.24. The molecule has 0 unspecified atom stereocenters. The molecule has 0 radical (unpaired) electrons. The predicted molar refractivity (Wildman–Crippen MR) is 129 cm³/mol. The number of piperidine rings is 1. The van der Waals surface area contributed by atoms with Gasteiger partial charge in [-0.1, -0.05) is 42.5 Å². The molecule has 4 heterocycles. The molecular weight excluding hydrogens is 432 g/mol. The smallest absolute Gasteiger partial charge is 0.309 e. The Morgan fingerprint density at radius 3 is 2.39 bits per heavy atom. The van der Waals surface area contributed by atoms with Crippen molar-refractivity contribution in [1.29, 1.82) is 0 Å². The fourth-order valence-electron chi connectivity index (χ4n) is 4.98. The van der Waals surface area contributed by atoms with Gasteiger partial charge in [0.05, 0.1) is 6.54 Å².